The van der Waals surface area contributed by atoms with Crippen molar-refractivity contribution in [2.75, 3.05) is 18.8 Å². The number of nitrogens with one attached hydrogen (secondary N) is 2. The van der Waals surface area contributed by atoms with Crippen molar-refractivity contribution in [1.29, 1.82) is 0 Å². The molecule has 0 amide bonds. The summed E-state index contributed by atoms with van der Waals surface area (Å²) in [6.45, 7) is -0.552. The minimum absolute atomic E-state index is 0.294. The summed E-state index contributed by atoms with van der Waals surface area (Å²) in [4.78, 5) is 35.0. The monoisotopic (exact) mass is 429 g/mol. The number of anilines is 1. The van der Waals surface area contributed by atoms with Gasteiger partial charge in [-0.15, -0.1) is 0 Å². The normalized spacial score (nSPS) is 26.1. The van der Waals surface area contributed by atoms with E-state index < -0.39 is 50.1 Å². The Morgan fingerprint density at radius 1 is 1.21 bits per heavy atom. The van der Waals surface area contributed by atoms with Crippen LogP contribution in [-0.2, 0) is 13.8 Å². The first kappa shape index (κ1) is 21.2. The summed E-state index contributed by atoms with van der Waals surface area (Å²) in [6.07, 6.45) is -4.44. The molecule has 2 heterocycles. The van der Waals surface area contributed by atoms with Crippen molar-refractivity contribution in [3.05, 3.63) is 57.4 Å². The van der Waals surface area contributed by atoms with E-state index in [0.29, 0.717) is 11.4 Å². The van der Waals surface area contributed by atoms with Crippen molar-refractivity contribution in [2.24, 2.45) is 0 Å². The maximum absolute atomic E-state index is 12.2. The topological polar surface area (TPSA) is 172 Å². The van der Waals surface area contributed by atoms with Crippen LogP contribution in [0.25, 0.3) is 0 Å². The minimum Gasteiger partial charge on any atom is -0.497 e. The summed E-state index contributed by atoms with van der Waals surface area (Å²) in [7, 11) is -2.84. The predicted molar refractivity (Wildman–Crippen MR) is 99.6 cm³/mol. The largest absolute Gasteiger partial charge is 0.497 e. The summed E-state index contributed by atoms with van der Waals surface area (Å²) in [5, 5.41) is 22.6. The molecule has 12 nitrogen and oxygen atoms in total. The molecule has 1 saturated heterocycles. The molecule has 29 heavy (non-hydrogen) atoms. The van der Waals surface area contributed by atoms with Gasteiger partial charge in [-0.1, -0.05) is 0 Å². The van der Waals surface area contributed by atoms with E-state index in [9.17, 15) is 29.3 Å². The van der Waals surface area contributed by atoms with Crippen LogP contribution < -0.4 is 21.1 Å². The van der Waals surface area contributed by atoms with Gasteiger partial charge in [0.2, 0.25) is 0 Å². The van der Waals surface area contributed by atoms with E-state index in [1.165, 1.54) is 19.2 Å². The van der Waals surface area contributed by atoms with Crippen molar-refractivity contribution in [1.82, 2.24) is 9.55 Å². The average Bonchev–Trinajstić information content (AvgIpc) is 2.95. The smallest absolute Gasteiger partial charge is 0.430 e. The zero-order valence-corrected chi connectivity index (χ0v) is 16.1. The Balaban J connectivity index is 1.64. The number of aromatic amines is 1. The number of rotatable bonds is 7. The molecule has 1 unspecified atom stereocenters. The van der Waals surface area contributed by atoms with Crippen LogP contribution in [0.15, 0.2) is 46.1 Å². The Kier molecular flexibility index (Phi) is 6.22. The molecule has 1 fully saturated rings. The van der Waals surface area contributed by atoms with Crippen molar-refractivity contribution in [2.45, 2.75) is 24.5 Å². The molecule has 0 aliphatic carbocycles. The van der Waals surface area contributed by atoms with Gasteiger partial charge in [0.1, 0.15) is 24.1 Å². The number of hydrogen-bond donors (Lipinski definition) is 5. The molecule has 1 aromatic carbocycles. The number of ether oxygens (including phenoxy) is 2. The second-order valence-electron chi connectivity index (χ2n) is 6.22. The molecule has 0 bridgehead atoms. The highest BCUT2D eigenvalue weighted by Crippen LogP contribution is 2.43. The molecule has 0 saturated carbocycles. The molecule has 5 N–H and O–H groups in total. The van der Waals surface area contributed by atoms with Gasteiger partial charge in [-0.25, -0.2) is 9.36 Å². The fourth-order valence-corrected chi connectivity index (χ4v) is 3.65. The summed E-state index contributed by atoms with van der Waals surface area (Å²) < 4.78 is 28.5. The molecule has 1 aliphatic rings. The van der Waals surface area contributed by atoms with Gasteiger partial charge in [0.25, 0.3) is 5.56 Å². The molecular weight excluding hydrogens is 409 g/mol. The number of aliphatic hydroxyl groups is 2. The van der Waals surface area contributed by atoms with Crippen LogP contribution in [0.1, 0.15) is 6.23 Å². The SMILES string of the molecule is COc1ccc(NP(=O)(O)OC[C@H]2O[C@@H](n3ccc(=O)[nH]c3=O)[C@H](O)[C@@H]2O)cc1. The van der Waals surface area contributed by atoms with Crippen molar-refractivity contribution in [3.8, 4) is 5.75 Å². The molecule has 5 atom stereocenters. The van der Waals surface area contributed by atoms with Gasteiger partial charge >= 0.3 is 13.4 Å². The minimum atomic E-state index is -4.32. The van der Waals surface area contributed by atoms with Gasteiger partial charge in [-0.2, -0.15) is 0 Å². The molecule has 2 aromatic rings. The molecule has 1 aromatic heterocycles. The zero-order valence-electron chi connectivity index (χ0n) is 15.2. The molecule has 1 aliphatic heterocycles. The molecule has 0 radical (unpaired) electrons. The van der Waals surface area contributed by atoms with Crippen LogP contribution >= 0.6 is 7.75 Å². The average molecular weight is 429 g/mol. The fraction of sp³-hybridized carbons (Fsp3) is 0.375. The lowest BCUT2D eigenvalue weighted by Gasteiger charge is -2.19. The highest BCUT2D eigenvalue weighted by atomic mass is 31.2. The highest BCUT2D eigenvalue weighted by Gasteiger charge is 2.45. The summed E-state index contributed by atoms with van der Waals surface area (Å²) in [5.74, 6) is 0.559. The molecule has 3 rings (SSSR count). The summed E-state index contributed by atoms with van der Waals surface area (Å²) in [6, 6.07) is 7.22. The van der Waals surface area contributed by atoms with E-state index in [2.05, 4.69) is 5.09 Å². The number of aromatic nitrogens is 2. The van der Waals surface area contributed by atoms with E-state index in [0.717, 1.165) is 16.8 Å². The van der Waals surface area contributed by atoms with E-state index in [-0.39, 0.29) is 0 Å². The summed E-state index contributed by atoms with van der Waals surface area (Å²) >= 11 is 0. The first-order valence-corrected chi connectivity index (χ1v) is 10.0. The van der Waals surface area contributed by atoms with E-state index in [1.807, 2.05) is 4.98 Å². The molecule has 0 spiro atoms. The third kappa shape index (κ3) is 4.93. The van der Waals surface area contributed by atoms with Gasteiger partial charge in [-0.05, 0) is 24.3 Å². The predicted octanol–water partition coefficient (Wildman–Crippen LogP) is -0.606. The van der Waals surface area contributed by atoms with Gasteiger partial charge in [0.05, 0.1) is 13.7 Å². The van der Waals surface area contributed by atoms with Crippen molar-refractivity contribution in [3.63, 3.8) is 0 Å². The number of hydrogen-bond acceptors (Lipinski definition) is 8. The number of nitrogens with zero attached hydrogens (tertiary/aromatic N) is 1. The number of benzene rings is 1. The Hall–Kier alpha value is -2.47. The number of methoxy groups -OCH3 is 1. The molecule has 158 valence electrons. The highest BCUT2D eigenvalue weighted by molar-refractivity contribution is 7.54. The number of H-pyrrole nitrogens is 1. The maximum atomic E-state index is 12.2. The van der Waals surface area contributed by atoms with Crippen LogP contribution in [0.3, 0.4) is 0 Å². The lowest BCUT2D eigenvalue weighted by Crippen LogP contribution is -2.37. The van der Waals surface area contributed by atoms with E-state index >= 15 is 0 Å². The second kappa shape index (κ2) is 8.49. The summed E-state index contributed by atoms with van der Waals surface area (Å²) in [5.41, 5.74) is -1.18. The molecular formula is C16H20N3O9P. The quantitative estimate of drug-likeness (QED) is 0.358. The van der Waals surface area contributed by atoms with Crippen LogP contribution in [0.2, 0.25) is 0 Å². The lowest BCUT2D eigenvalue weighted by atomic mass is 10.1. The van der Waals surface area contributed by atoms with Crippen LogP contribution in [-0.4, -0.2) is 56.7 Å². The van der Waals surface area contributed by atoms with Crippen LogP contribution in [0.4, 0.5) is 5.69 Å². The van der Waals surface area contributed by atoms with Crippen LogP contribution in [0.5, 0.6) is 5.75 Å². The number of aliphatic hydroxyl groups excluding tert-OH is 2. The van der Waals surface area contributed by atoms with E-state index in [1.54, 1.807) is 12.1 Å². The second-order valence-corrected chi connectivity index (χ2v) is 7.74. The fourth-order valence-electron chi connectivity index (χ4n) is 2.76. The first-order valence-electron chi connectivity index (χ1n) is 8.43. The Morgan fingerprint density at radius 2 is 1.90 bits per heavy atom. The van der Waals surface area contributed by atoms with Gasteiger partial charge < -0.3 is 24.6 Å². The standard InChI is InChI=1S/C16H20N3O9P/c1-26-10-4-2-9(3-5-10)18-29(24,25)27-8-11-13(21)14(22)15(28-11)19-7-6-12(20)17-16(19)23/h2-7,11,13-15,21-22H,8H2,1H3,(H,17,20,23)(H2,18,24,25)/t11-,13-,14-,15-/m1/s1. The lowest BCUT2D eigenvalue weighted by molar-refractivity contribution is -0.0524. The third-order valence-corrected chi connectivity index (χ3v) is 5.28. The van der Waals surface area contributed by atoms with Gasteiger partial charge in [0, 0.05) is 18.0 Å². The molecule has 13 heteroatoms. The van der Waals surface area contributed by atoms with E-state index in [4.69, 9.17) is 14.0 Å². The third-order valence-electron chi connectivity index (χ3n) is 4.24. The van der Waals surface area contributed by atoms with Gasteiger partial charge in [-0.3, -0.25) is 24.0 Å². The Morgan fingerprint density at radius 3 is 2.52 bits per heavy atom. The maximum Gasteiger partial charge on any atom is 0.430 e. The first-order chi connectivity index (χ1) is 13.7. The van der Waals surface area contributed by atoms with Crippen LogP contribution in [0, 0.1) is 0 Å². The van der Waals surface area contributed by atoms with Gasteiger partial charge in [0.15, 0.2) is 6.23 Å². The zero-order chi connectivity index (χ0) is 21.2. The Bertz CT molecular complexity index is 1010. The Labute approximate surface area is 163 Å². The van der Waals surface area contributed by atoms with Crippen molar-refractivity contribution < 1.29 is 33.7 Å². The van der Waals surface area contributed by atoms with Crippen molar-refractivity contribution >= 4 is 13.4 Å².